The number of esters is 1. The Labute approximate surface area is 115 Å². The Bertz CT molecular complexity index is 385. The molecule has 0 spiro atoms. The van der Waals surface area contributed by atoms with Crippen molar-refractivity contribution in [2.75, 3.05) is 6.61 Å². The molecule has 1 rings (SSSR count). The first-order valence-electron chi connectivity index (χ1n) is 7.07. The molecule has 0 N–H and O–H groups in total. The third kappa shape index (κ3) is 6.27. The van der Waals surface area contributed by atoms with Crippen LogP contribution in [-0.4, -0.2) is 18.7 Å². The van der Waals surface area contributed by atoms with E-state index in [2.05, 4.69) is 6.92 Å². The van der Waals surface area contributed by atoms with E-state index in [1.807, 2.05) is 26.0 Å². The van der Waals surface area contributed by atoms with Crippen molar-refractivity contribution in [3.8, 4) is 5.75 Å². The van der Waals surface area contributed by atoms with E-state index < -0.39 is 0 Å². The molecule has 0 heterocycles. The molecule has 0 saturated carbocycles. The number of hydrogen-bond donors (Lipinski definition) is 0. The van der Waals surface area contributed by atoms with E-state index in [4.69, 9.17) is 9.47 Å². The fraction of sp³-hybridized carbons (Fsp3) is 0.562. The lowest BCUT2D eigenvalue weighted by Gasteiger charge is -2.10. The van der Waals surface area contributed by atoms with Crippen LogP contribution in [-0.2, 0) is 4.74 Å². The van der Waals surface area contributed by atoms with Gasteiger partial charge in [0.25, 0.3) is 0 Å². The van der Waals surface area contributed by atoms with Crippen LogP contribution in [0.15, 0.2) is 24.3 Å². The van der Waals surface area contributed by atoms with Gasteiger partial charge in [0, 0.05) is 0 Å². The Morgan fingerprint density at radius 1 is 1.21 bits per heavy atom. The molecular weight excluding hydrogens is 240 g/mol. The van der Waals surface area contributed by atoms with E-state index in [9.17, 15) is 4.79 Å². The smallest absolute Gasteiger partial charge is 0.338 e. The van der Waals surface area contributed by atoms with E-state index in [-0.39, 0.29) is 12.1 Å². The Morgan fingerprint density at radius 2 is 2.00 bits per heavy atom. The van der Waals surface area contributed by atoms with Gasteiger partial charge in [-0.1, -0.05) is 32.3 Å². The van der Waals surface area contributed by atoms with Crippen molar-refractivity contribution in [1.82, 2.24) is 0 Å². The van der Waals surface area contributed by atoms with Crippen LogP contribution in [0.1, 0.15) is 56.8 Å². The minimum absolute atomic E-state index is 0.0975. The van der Waals surface area contributed by atoms with Crippen molar-refractivity contribution >= 4 is 5.97 Å². The zero-order valence-corrected chi connectivity index (χ0v) is 12.1. The van der Waals surface area contributed by atoms with Gasteiger partial charge in [-0.15, -0.1) is 0 Å². The van der Waals surface area contributed by atoms with Crippen LogP contribution < -0.4 is 4.74 Å². The summed E-state index contributed by atoms with van der Waals surface area (Å²) in [7, 11) is 0. The Kier molecular flexibility index (Phi) is 7.01. The summed E-state index contributed by atoms with van der Waals surface area (Å²) in [5, 5.41) is 0. The molecule has 1 aromatic carbocycles. The minimum Gasteiger partial charge on any atom is -0.491 e. The highest BCUT2D eigenvalue weighted by Gasteiger charge is 2.08. The average Bonchev–Trinajstić information content (AvgIpc) is 2.38. The van der Waals surface area contributed by atoms with Gasteiger partial charge in [-0.2, -0.15) is 0 Å². The van der Waals surface area contributed by atoms with Gasteiger partial charge in [-0.3, -0.25) is 0 Å². The molecule has 19 heavy (non-hydrogen) atoms. The molecule has 106 valence electrons. The topological polar surface area (TPSA) is 35.5 Å². The third-order valence-corrected chi connectivity index (χ3v) is 2.67. The van der Waals surface area contributed by atoms with E-state index in [1.54, 1.807) is 12.1 Å². The molecule has 0 fully saturated rings. The van der Waals surface area contributed by atoms with Gasteiger partial charge < -0.3 is 9.47 Å². The zero-order chi connectivity index (χ0) is 14.1. The number of carbonyl (C=O) groups is 1. The lowest BCUT2D eigenvalue weighted by atomic mass is 10.2. The van der Waals surface area contributed by atoms with Crippen molar-refractivity contribution in [3.63, 3.8) is 0 Å². The molecule has 0 unspecified atom stereocenters. The lowest BCUT2D eigenvalue weighted by molar-refractivity contribution is 0.0497. The number of unbranched alkanes of at least 4 members (excludes halogenated alkanes) is 3. The molecule has 0 bridgehead atoms. The molecule has 0 saturated heterocycles. The number of carbonyl (C=O) groups excluding carboxylic acids is 1. The fourth-order valence-corrected chi connectivity index (χ4v) is 1.75. The molecule has 0 amide bonds. The Morgan fingerprint density at radius 3 is 2.68 bits per heavy atom. The molecule has 0 aliphatic carbocycles. The van der Waals surface area contributed by atoms with Crippen molar-refractivity contribution in [2.24, 2.45) is 0 Å². The van der Waals surface area contributed by atoms with Gasteiger partial charge in [-0.25, -0.2) is 4.79 Å². The first-order chi connectivity index (χ1) is 9.13. The molecule has 1 aromatic rings. The van der Waals surface area contributed by atoms with E-state index in [0.717, 1.165) is 12.8 Å². The summed E-state index contributed by atoms with van der Waals surface area (Å²) in [6.07, 6.45) is 4.51. The number of benzene rings is 1. The quantitative estimate of drug-likeness (QED) is 0.521. The number of rotatable bonds is 8. The molecule has 0 aliphatic rings. The van der Waals surface area contributed by atoms with Gasteiger partial charge in [0.2, 0.25) is 0 Å². The maximum absolute atomic E-state index is 11.8. The molecule has 0 radical (unpaired) electrons. The lowest BCUT2D eigenvalue weighted by Crippen LogP contribution is -2.09. The normalized spacial score (nSPS) is 10.5. The van der Waals surface area contributed by atoms with Crippen LogP contribution in [0.2, 0.25) is 0 Å². The van der Waals surface area contributed by atoms with Crippen molar-refractivity contribution in [2.45, 2.75) is 52.6 Å². The van der Waals surface area contributed by atoms with Crippen LogP contribution in [0, 0.1) is 0 Å². The standard InChI is InChI=1S/C16H24O3/c1-4-5-6-7-11-18-16(17)14-9-8-10-15(12-14)19-13(2)3/h8-10,12-13H,4-7,11H2,1-3H3. The van der Waals surface area contributed by atoms with Crippen molar-refractivity contribution in [3.05, 3.63) is 29.8 Å². The van der Waals surface area contributed by atoms with Crippen molar-refractivity contribution < 1.29 is 14.3 Å². The average molecular weight is 264 g/mol. The van der Waals surface area contributed by atoms with Crippen LogP contribution in [0.5, 0.6) is 5.75 Å². The zero-order valence-electron chi connectivity index (χ0n) is 12.1. The molecule has 3 nitrogen and oxygen atoms in total. The van der Waals surface area contributed by atoms with Crippen LogP contribution >= 0.6 is 0 Å². The van der Waals surface area contributed by atoms with E-state index in [0.29, 0.717) is 17.9 Å². The molecule has 0 aliphatic heterocycles. The first-order valence-corrected chi connectivity index (χ1v) is 7.07. The number of ether oxygens (including phenoxy) is 2. The molecule has 0 atom stereocenters. The summed E-state index contributed by atoms with van der Waals surface area (Å²) in [6.45, 7) is 6.57. The van der Waals surface area contributed by atoms with Crippen LogP contribution in [0.3, 0.4) is 0 Å². The highest BCUT2D eigenvalue weighted by atomic mass is 16.5. The second kappa shape index (κ2) is 8.57. The maximum atomic E-state index is 11.8. The summed E-state index contributed by atoms with van der Waals surface area (Å²) >= 11 is 0. The summed E-state index contributed by atoms with van der Waals surface area (Å²) in [5.74, 6) is 0.432. The third-order valence-electron chi connectivity index (χ3n) is 2.67. The fourth-order valence-electron chi connectivity index (χ4n) is 1.75. The summed E-state index contributed by atoms with van der Waals surface area (Å²) in [5.41, 5.74) is 0.550. The number of hydrogen-bond acceptors (Lipinski definition) is 3. The predicted molar refractivity (Wildman–Crippen MR) is 76.6 cm³/mol. The SMILES string of the molecule is CCCCCCOC(=O)c1cccc(OC(C)C)c1. The van der Waals surface area contributed by atoms with E-state index in [1.165, 1.54) is 12.8 Å². The predicted octanol–water partition coefficient (Wildman–Crippen LogP) is 4.21. The maximum Gasteiger partial charge on any atom is 0.338 e. The molecule has 3 heteroatoms. The summed E-state index contributed by atoms with van der Waals surface area (Å²) in [4.78, 5) is 11.8. The van der Waals surface area contributed by atoms with Gasteiger partial charge in [0.05, 0.1) is 18.3 Å². The van der Waals surface area contributed by atoms with Crippen LogP contribution in [0.4, 0.5) is 0 Å². The Hall–Kier alpha value is -1.51. The first kappa shape index (κ1) is 15.5. The second-order valence-electron chi connectivity index (χ2n) is 4.89. The van der Waals surface area contributed by atoms with Gasteiger partial charge in [0.15, 0.2) is 0 Å². The summed E-state index contributed by atoms with van der Waals surface area (Å²) < 4.78 is 10.8. The van der Waals surface area contributed by atoms with Gasteiger partial charge >= 0.3 is 5.97 Å². The van der Waals surface area contributed by atoms with Crippen LogP contribution in [0.25, 0.3) is 0 Å². The van der Waals surface area contributed by atoms with E-state index >= 15 is 0 Å². The highest BCUT2D eigenvalue weighted by molar-refractivity contribution is 5.89. The summed E-state index contributed by atoms with van der Waals surface area (Å²) in [6, 6.07) is 7.14. The van der Waals surface area contributed by atoms with Crippen molar-refractivity contribution in [1.29, 1.82) is 0 Å². The highest BCUT2D eigenvalue weighted by Crippen LogP contribution is 2.15. The minimum atomic E-state index is -0.272. The largest absolute Gasteiger partial charge is 0.491 e. The Balaban J connectivity index is 2.43. The molecular formula is C16H24O3. The molecule has 0 aromatic heterocycles. The second-order valence-corrected chi connectivity index (χ2v) is 4.89. The monoisotopic (exact) mass is 264 g/mol. The van der Waals surface area contributed by atoms with Gasteiger partial charge in [0.1, 0.15) is 5.75 Å². The van der Waals surface area contributed by atoms with Gasteiger partial charge in [-0.05, 0) is 38.5 Å².